The van der Waals surface area contributed by atoms with Gasteiger partial charge in [0.1, 0.15) is 0 Å². The zero-order chi connectivity index (χ0) is 7.40. The Morgan fingerprint density at radius 1 is 1.60 bits per heavy atom. The van der Waals surface area contributed by atoms with Gasteiger partial charge in [-0.05, 0) is 31.2 Å². The van der Waals surface area contributed by atoms with E-state index < -0.39 is 0 Å². The van der Waals surface area contributed by atoms with Gasteiger partial charge in [-0.2, -0.15) is 0 Å². The highest BCUT2D eigenvalue weighted by molar-refractivity contribution is 5.02. The quantitative estimate of drug-likeness (QED) is 0.592. The lowest BCUT2D eigenvalue weighted by Crippen LogP contribution is -2.01. The van der Waals surface area contributed by atoms with Crippen molar-refractivity contribution in [2.75, 3.05) is 6.54 Å². The molecule has 10 heavy (non-hydrogen) atoms. The maximum atomic E-state index is 5.49. The van der Waals surface area contributed by atoms with Crippen molar-refractivity contribution >= 4 is 0 Å². The van der Waals surface area contributed by atoms with Gasteiger partial charge in [0.15, 0.2) is 0 Å². The molecule has 0 radical (unpaired) electrons. The lowest BCUT2D eigenvalue weighted by molar-refractivity contribution is 0.795. The molecule has 1 nitrogen and oxygen atoms in total. The molecule has 0 aromatic heterocycles. The molecule has 0 bridgehead atoms. The summed E-state index contributed by atoms with van der Waals surface area (Å²) in [5, 5.41) is 0. The van der Waals surface area contributed by atoms with Crippen molar-refractivity contribution in [3.05, 3.63) is 12.2 Å². The Kier molecular flexibility index (Phi) is 2.94. The van der Waals surface area contributed by atoms with Crippen LogP contribution in [0, 0.1) is 11.8 Å². The van der Waals surface area contributed by atoms with Crippen LogP contribution in [0.15, 0.2) is 12.2 Å². The molecule has 0 aromatic carbocycles. The van der Waals surface area contributed by atoms with Crippen molar-refractivity contribution in [3.63, 3.8) is 0 Å². The van der Waals surface area contributed by atoms with Gasteiger partial charge in [-0.15, -0.1) is 0 Å². The summed E-state index contributed by atoms with van der Waals surface area (Å²) >= 11 is 0. The minimum Gasteiger partial charge on any atom is -0.330 e. The van der Waals surface area contributed by atoms with Crippen LogP contribution in [-0.2, 0) is 0 Å². The van der Waals surface area contributed by atoms with Crippen LogP contribution in [0.3, 0.4) is 0 Å². The Labute approximate surface area is 63.3 Å². The predicted octanol–water partition coefficient (Wildman–Crippen LogP) is 1.94. The third-order valence-electron chi connectivity index (χ3n) is 2.12. The van der Waals surface area contributed by atoms with Crippen LogP contribution in [-0.4, -0.2) is 6.54 Å². The molecule has 1 fully saturated rings. The van der Waals surface area contributed by atoms with Crippen molar-refractivity contribution in [3.8, 4) is 0 Å². The minimum atomic E-state index is 0.813. The first-order valence-electron chi connectivity index (χ1n) is 4.25. The van der Waals surface area contributed by atoms with Crippen molar-refractivity contribution in [1.29, 1.82) is 0 Å². The van der Waals surface area contributed by atoms with E-state index in [9.17, 15) is 0 Å². The third kappa shape index (κ3) is 2.14. The van der Waals surface area contributed by atoms with E-state index in [1.165, 1.54) is 19.3 Å². The molecule has 0 spiro atoms. The van der Waals surface area contributed by atoms with Gasteiger partial charge in [0.25, 0.3) is 0 Å². The van der Waals surface area contributed by atoms with Crippen LogP contribution >= 0.6 is 0 Å². The lowest BCUT2D eigenvalue weighted by atomic mass is 10.2. The fourth-order valence-electron chi connectivity index (χ4n) is 1.22. The van der Waals surface area contributed by atoms with Gasteiger partial charge in [0.2, 0.25) is 0 Å². The summed E-state index contributed by atoms with van der Waals surface area (Å²) in [4.78, 5) is 0. The summed E-state index contributed by atoms with van der Waals surface area (Å²) in [5.41, 5.74) is 5.49. The van der Waals surface area contributed by atoms with E-state index in [-0.39, 0.29) is 0 Å². The summed E-state index contributed by atoms with van der Waals surface area (Å²) in [5.74, 6) is 1.64. The van der Waals surface area contributed by atoms with E-state index in [1.807, 2.05) is 0 Å². The molecule has 1 heteroatoms. The molecule has 0 heterocycles. The SMILES string of the molecule is CCC/C=C/C1CC1CN. The molecular weight excluding hydrogens is 122 g/mol. The van der Waals surface area contributed by atoms with Crippen LogP contribution in [0.4, 0.5) is 0 Å². The Morgan fingerprint density at radius 3 is 2.90 bits per heavy atom. The number of unbranched alkanes of at least 4 members (excludes halogenated alkanes) is 1. The Morgan fingerprint density at radius 2 is 2.40 bits per heavy atom. The smallest absolute Gasteiger partial charge is 0.00430 e. The molecular formula is C9H17N. The lowest BCUT2D eigenvalue weighted by Gasteiger charge is -1.86. The number of allylic oxidation sites excluding steroid dienone is 2. The first-order valence-corrected chi connectivity index (χ1v) is 4.25. The second kappa shape index (κ2) is 3.77. The Bertz CT molecular complexity index is 118. The summed E-state index contributed by atoms with van der Waals surface area (Å²) in [7, 11) is 0. The molecule has 58 valence electrons. The number of hydrogen-bond acceptors (Lipinski definition) is 1. The van der Waals surface area contributed by atoms with Gasteiger partial charge in [0, 0.05) is 0 Å². The Balaban J connectivity index is 2.05. The molecule has 0 aliphatic heterocycles. The van der Waals surface area contributed by atoms with E-state index in [1.54, 1.807) is 0 Å². The van der Waals surface area contributed by atoms with E-state index in [0.717, 1.165) is 18.4 Å². The topological polar surface area (TPSA) is 26.0 Å². The monoisotopic (exact) mass is 139 g/mol. The minimum absolute atomic E-state index is 0.813. The molecule has 2 atom stereocenters. The molecule has 2 unspecified atom stereocenters. The normalized spacial score (nSPS) is 31.4. The van der Waals surface area contributed by atoms with Crippen molar-refractivity contribution in [2.45, 2.75) is 26.2 Å². The molecule has 1 rings (SSSR count). The first kappa shape index (κ1) is 7.80. The van der Waals surface area contributed by atoms with Crippen LogP contribution in [0.5, 0.6) is 0 Å². The van der Waals surface area contributed by atoms with Gasteiger partial charge in [-0.1, -0.05) is 25.5 Å². The standard InChI is InChI=1S/C9H17N/c1-2-3-4-5-8-6-9(8)7-10/h4-5,8-9H,2-3,6-7,10H2,1H3/b5-4+. The highest BCUT2D eigenvalue weighted by Crippen LogP contribution is 2.38. The third-order valence-corrected chi connectivity index (χ3v) is 2.12. The molecule has 2 N–H and O–H groups in total. The molecule has 1 aliphatic carbocycles. The maximum Gasteiger partial charge on any atom is -0.00430 e. The number of rotatable bonds is 4. The zero-order valence-electron chi connectivity index (χ0n) is 6.72. The summed E-state index contributed by atoms with van der Waals surface area (Å²) in [6.07, 6.45) is 8.45. The van der Waals surface area contributed by atoms with Gasteiger partial charge in [0.05, 0.1) is 0 Å². The zero-order valence-corrected chi connectivity index (χ0v) is 6.72. The van der Waals surface area contributed by atoms with Crippen LogP contribution in [0.1, 0.15) is 26.2 Å². The number of nitrogens with two attached hydrogens (primary N) is 1. The summed E-state index contributed by atoms with van der Waals surface area (Å²) in [6, 6.07) is 0. The van der Waals surface area contributed by atoms with Gasteiger partial charge in [-0.25, -0.2) is 0 Å². The molecule has 0 aromatic rings. The fourth-order valence-corrected chi connectivity index (χ4v) is 1.22. The Hall–Kier alpha value is -0.300. The highest BCUT2D eigenvalue weighted by atomic mass is 14.6. The second-order valence-electron chi connectivity index (χ2n) is 3.11. The summed E-state index contributed by atoms with van der Waals surface area (Å²) < 4.78 is 0. The maximum absolute atomic E-state index is 5.49. The fraction of sp³-hybridized carbons (Fsp3) is 0.778. The first-order chi connectivity index (χ1) is 4.88. The predicted molar refractivity (Wildman–Crippen MR) is 44.7 cm³/mol. The number of hydrogen-bond donors (Lipinski definition) is 1. The molecule has 1 saturated carbocycles. The van der Waals surface area contributed by atoms with E-state index in [2.05, 4.69) is 19.1 Å². The van der Waals surface area contributed by atoms with E-state index in [4.69, 9.17) is 5.73 Å². The van der Waals surface area contributed by atoms with Crippen LogP contribution in [0.25, 0.3) is 0 Å². The van der Waals surface area contributed by atoms with Crippen molar-refractivity contribution < 1.29 is 0 Å². The summed E-state index contributed by atoms with van der Waals surface area (Å²) in [6.45, 7) is 3.08. The molecule has 0 amide bonds. The van der Waals surface area contributed by atoms with Crippen molar-refractivity contribution in [1.82, 2.24) is 0 Å². The van der Waals surface area contributed by atoms with E-state index in [0.29, 0.717) is 0 Å². The average molecular weight is 139 g/mol. The molecule has 1 aliphatic rings. The molecule has 0 saturated heterocycles. The van der Waals surface area contributed by atoms with E-state index >= 15 is 0 Å². The van der Waals surface area contributed by atoms with Gasteiger partial charge in [-0.3, -0.25) is 0 Å². The van der Waals surface area contributed by atoms with Crippen LogP contribution in [0.2, 0.25) is 0 Å². The van der Waals surface area contributed by atoms with Gasteiger partial charge < -0.3 is 5.73 Å². The highest BCUT2D eigenvalue weighted by Gasteiger charge is 2.32. The average Bonchev–Trinajstić information content (AvgIpc) is 2.68. The second-order valence-corrected chi connectivity index (χ2v) is 3.11. The van der Waals surface area contributed by atoms with Crippen LogP contribution < -0.4 is 5.73 Å². The largest absolute Gasteiger partial charge is 0.330 e. The van der Waals surface area contributed by atoms with Crippen molar-refractivity contribution in [2.24, 2.45) is 17.6 Å². The van der Waals surface area contributed by atoms with Gasteiger partial charge >= 0.3 is 0 Å².